The van der Waals surface area contributed by atoms with Gasteiger partial charge in [0.15, 0.2) is 0 Å². The monoisotopic (exact) mass is 299 g/mol. The second-order valence-corrected chi connectivity index (χ2v) is 4.67. The zero-order chi connectivity index (χ0) is 15.0. The molecule has 0 bridgehead atoms. The summed E-state index contributed by atoms with van der Waals surface area (Å²) < 4.78 is 21.0. The van der Waals surface area contributed by atoms with Crippen LogP contribution in [0.2, 0.25) is 0 Å². The van der Waals surface area contributed by atoms with Gasteiger partial charge in [-0.15, -0.1) is 0 Å². The number of hydrogen-bond acceptors (Lipinski definition) is 3. The van der Waals surface area contributed by atoms with E-state index < -0.39 is 11.3 Å². The molecule has 0 heterocycles. The maximum absolute atomic E-state index is 11.7. The Morgan fingerprint density at radius 2 is 1.85 bits per heavy atom. The minimum Gasteiger partial charge on any atom is -0.351 e. The van der Waals surface area contributed by atoms with Gasteiger partial charge in [-0.25, -0.2) is 8.93 Å². The van der Waals surface area contributed by atoms with Gasteiger partial charge in [-0.3, -0.25) is 14.1 Å². The molecule has 1 aromatic rings. The molecule has 7 nitrogen and oxygen atoms in total. The van der Waals surface area contributed by atoms with Crippen LogP contribution in [0.3, 0.4) is 0 Å². The molecule has 0 saturated heterocycles. The van der Waals surface area contributed by atoms with Crippen LogP contribution in [-0.2, 0) is 16.1 Å². The van der Waals surface area contributed by atoms with Crippen molar-refractivity contribution in [1.29, 1.82) is 0 Å². The summed E-state index contributed by atoms with van der Waals surface area (Å²) in [7, 11) is 0. The highest BCUT2D eigenvalue weighted by molar-refractivity contribution is 7.77. The van der Waals surface area contributed by atoms with E-state index in [0.717, 1.165) is 0 Å². The lowest BCUT2D eigenvalue weighted by molar-refractivity contribution is -0.115. The summed E-state index contributed by atoms with van der Waals surface area (Å²) in [6.07, 6.45) is 0.390. The number of hydrogen-bond donors (Lipinski definition) is 4. The smallest absolute Gasteiger partial charge is 0.251 e. The lowest BCUT2D eigenvalue weighted by atomic mass is 10.2. The van der Waals surface area contributed by atoms with Crippen molar-refractivity contribution in [3.8, 4) is 0 Å². The average molecular weight is 299 g/mol. The second-order valence-electron chi connectivity index (χ2n) is 3.88. The molecule has 1 aromatic carbocycles. The Kier molecular flexibility index (Phi) is 6.85. The van der Waals surface area contributed by atoms with Crippen LogP contribution < -0.4 is 15.4 Å². The van der Waals surface area contributed by atoms with Crippen LogP contribution in [0.5, 0.6) is 0 Å². The minimum atomic E-state index is -2.08. The molecule has 0 saturated carbocycles. The van der Waals surface area contributed by atoms with E-state index in [1.165, 1.54) is 0 Å². The second kappa shape index (κ2) is 8.41. The van der Waals surface area contributed by atoms with E-state index in [9.17, 15) is 13.8 Å². The Labute approximate surface area is 119 Å². The molecule has 0 aliphatic rings. The summed E-state index contributed by atoms with van der Waals surface area (Å²) in [4.78, 5) is 22.9. The Morgan fingerprint density at radius 1 is 1.20 bits per heavy atom. The van der Waals surface area contributed by atoms with Crippen LogP contribution in [0.25, 0.3) is 0 Å². The molecule has 2 amide bonds. The summed E-state index contributed by atoms with van der Waals surface area (Å²) in [5.74, 6) is -0.380. The van der Waals surface area contributed by atoms with Crippen molar-refractivity contribution in [2.24, 2.45) is 0 Å². The lowest BCUT2D eigenvalue weighted by Crippen LogP contribution is -2.32. The summed E-state index contributed by atoms with van der Waals surface area (Å²) in [6.45, 7) is 2.18. The van der Waals surface area contributed by atoms with Gasteiger partial charge in [0.1, 0.15) is 0 Å². The van der Waals surface area contributed by atoms with Crippen LogP contribution in [0, 0.1) is 0 Å². The largest absolute Gasteiger partial charge is 0.351 e. The van der Waals surface area contributed by atoms with Gasteiger partial charge in [0.05, 0.1) is 0 Å². The summed E-state index contributed by atoms with van der Waals surface area (Å²) >= 11 is -2.08. The van der Waals surface area contributed by atoms with E-state index in [4.69, 9.17) is 4.55 Å². The minimum absolute atomic E-state index is 0.0923. The molecule has 0 aliphatic heterocycles. The van der Waals surface area contributed by atoms with Crippen LogP contribution in [-0.4, -0.2) is 33.7 Å². The number of carbonyl (C=O) groups is 2. The number of carbonyl (C=O) groups excluding carboxylic acids is 2. The Bertz CT molecular complexity index is 490. The normalized spacial score (nSPS) is 11.7. The van der Waals surface area contributed by atoms with Crippen molar-refractivity contribution < 1.29 is 18.4 Å². The van der Waals surface area contributed by atoms with Gasteiger partial charge in [-0.05, 0) is 24.3 Å². The fraction of sp³-hybridized carbons (Fsp3) is 0.333. The topological polar surface area (TPSA) is 108 Å². The first-order valence-electron chi connectivity index (χ1n) is 6.05. The van der Waals surface area contributed by atoms with E-state index in [1.807, 2.05) is 0 Å². The molecule has 0 aromatic heterocycles. The first kappa shape index (κ1) is 16.3. The van der Waals surface area contributed by atoms with E-state index in [-0.39, 0.29) is 24.9 Å². The average Bonchev–Trinajstić information content (AvgIpc) is 2.43. The number of anilines is 1. The SMILES string of the molecule is CCC(=O)Nc1ccc(C(=O)NCCNS(=O)O)cc1. The highest BCUT2D eigenvalue weighted by Gasteiger charge is 2.05. The van der Waals surface area contributed by atoms with E-state index >= 15 is 0 Å². The molecule has 20 heavy (non-hydrogen) atoms. The predicted molar refractivity (Wildman–Crippen MR) is 76.5 cm³/mol. The number of benzene rings is 1. The first-order chi connectivity index (χ1) is 9.52. The Hall–Kier alpha value is -1.77. The number of rotatable bonds is 7. The molecule has 0 fully saturated rings. The third-order valence-corrected chi connectivity index (χ3v) is 2.84. The Balaban J connectivity index is 2.45. The molecular weight excluding hydrogens is 282 g/mol. The maximum atomic E-state index is 11.7. The fourth-order valence-corrected chi connectivity index (χ4v) is 1.65. The van der Waals surface area contributed by atoms with Crippen LogP contribution in [0.15, 0.2) is 24.3 Å². The molecule has 1 atom stereocenters. The van der Waals surface area contributed by atoms with E-state index in [2.05, 4.69) is 15.4 Å². The van der Waals surface area contributed by atoms with Crippen molar-refractivity contribution in [1.82, 2.24) is 10.0 Å². The van der Waals surface area contributed by atoms with Gasteiger partial charge in [0.2, 0.25) is 17.2 Å². The maximum Gasteiger partial charge on any atom is 0.251 e. The molecule has 8 heteroatoms. The molecule has 0 spiro atoms. The van der Waals surface area contributed by atoms with E-state index in [0.29, 0.717) is 17.7 Å². The molecular formula is C12H17N3O4S. The number of amides is 2. The number of nitrogens with one attached hydrogen (secondary N) is 3. The third-order valence-electron chi connectivity index (χ3n) is 2.39. The van der Waals surface area contributed by atoms with Crippen molar-refractivity contribution >= 4 is 28.8 Å². The summed E-state index contributed by atoms with van der Waals surface area (Å²) in [5, 5.41) is 5.27. The zero-order valence-electron chi connectivity index (χ0n) is 11.0. The molecule has 4 N–H and O–H groups in total. The van der Waals surface area contributed by atoms with Crippen molar-refractivity contribution in [2.45, 2.75) is 13.3 Å². The standard InChI is InChI=1S/C12H17N3O4S/c1-2-11(16)15-10-5-3-9(4-6-10)12(17)13-7-8-14-20(18)19/h3-6,14H,2,7-8H2,1H3,(H,13,17)(H,15,16)(H,18,19). The van der Waals surface area contributed by atoms with Gasteiger partial charge < -0.3 is 10.6 Å². The highest BCUT2D eigenvalue weighted by atomic mass is 32.2. The van der Waals surface area contributed by atoms with Gasteiger partial charge in [0.25, 0.3) is 5.91 Å². The molecule has 1 unspecified atom stereocenters. The summed E-state index contributed by atoms with van der Waals surface area (Å²) in [5.41, 5.74) is 1.08. The van der Waals surface area contributed by atoms with Crippen LogP contribution >= 0.6 is 0 Å². The highest BCUT2D eigenvalue weighted by Crippen LogP contribution is 2.09. The van der Waals surface area contributed by atoms with Crippen molar-refractivity contribution in [2.75, 3.05) is 18.4 Å². The lowest BCUT2D eigenvalue weighted by Gasteiger charge is -2.07. The Morgan fingerprint density at radius 3 is 2.40 bits per heavy atom. The molecule has 0 aliphatic carbocycles. The predicted octanol–water partition coefficient (Wildman–Crippen LogP) is 0.491. The van der Waals surface area contributed by atoms with Crippen LogP contribution in [0.4, 0.5) is 5.69 Å². The van der Waals surface area contributed by atoms with Gasteiger partial charge >= 0.3 is 0 Å². The fourth-order valence-electron chi connectivity index (χ4n) is 1.37. The first-order valence-corrected chi connectivity index (χ1v) is 7.16. The molecule has 1 rings (SSSR count). The molecule has 0 radical (unpaired) electrons. The van der Waals surface area contributed by atoms with Crippen LogP contribution in [0.1, 0.15) is 23.7 Å². The van der Waals surface area contributed by atoms with E-state index in [1.54, 1.807) is 31.2 Å². The van der Waals surface area contributed by atoms with Crippen molar-refractivity contribution in [3.05, 3.63) is 29.8 Å². The van der Waals surface area contributed by atoms with Gasteiger partial charge in [-0.1, -0.05) is 6.92 Å². The third kappa shape index (κ3) is 5.91. The van der Waals surface area contributed by atoms with Gasteiger partial charge in [0, 0.05) is 30.8 Å². The quantitative estimate of drug-likeness (QED) is 0.434. The van der Waals surface area contributed by atoms with Gasteiger partial charge in [-0.2, -0.15) is 0 Å². The zero-order valence-corrected chi connectivity index (χ0v) is 11.8. The molecule has 110 valence electrons. The summed E-state index contributed by atoms with van der Waals surface area (Å²) in [6, 6.07) is 6.48. The van der Waals surface area contributed by atoms with Crippen molar-refractivity contribution in [3.63, 3.8) is 0 Å².